The average Bonchev–Trinajstić information content (AvgIpc) is 3.01. The molecule has 1 aromatic rings. The molecule has 6 nitrogen and oxygen atoms in total. The zero-order valence-electron chi connectivity index (χ0n) is 15.4. The highest BCUT2D eigenvalue weighted by Gasteiger charge is 2.46. The van der Waals surface area contributed by atoms with Crippen molar-refractivity contribution >= 4 is 12.1 Å². The van der Waals surface area contributed by atoms with E-state index in [-0.39, 0.29) is 30.1 Å². The summed E-state index contributed by atoms with van der Waals surface area (Å²) >= 11 is 0. The van der Waals surface area contributed by atoms with E-state index in [1.807, 2.05) is 0 Å². The molecule has 0 aromatic heterocycles. The summed E-state index contributed by atoms with van der Waals surface area (Å²) in [6.45, 7) is 3.12. The number of carbonyl (C=O) groups is 2. The van der Waals surface area contributed by atoms with Gasteiger partial charge in [0.25, 0.3) is 0 Å². The minimum absolute atomic E-state index is 0.0177. The molecular formula is C19H18F3NO5. The van der Waals surface area contributed by atoms with Gasteiger partial charge in [0.1, 0.15) is 12.4 Å². The lowest BCUT2D eigenvalue weighted by Gasteiger charge is -2.33. The molecule has 9 heteroatoms. The number of likely N-dealkylation sites (N-methyl/N-ethyl adjacent to an activating group) is 1. The normalized spacial score (nSPS) is 19.6. The highest BCUT2D eigenvalue weighted by Crippen LogP contribution is 2.47. The van der Waals surface area contributed by atoms with Gasteiger partial charge in [-0.15, -0.1) is 0 Å². The summed E-state index contributed by atoms with van der Waals surface area (Å²) in [5.74, 6) is -2.10. The van der Waals surface area contributed by atoms with Gasteiger partial charge in [-0.2, -0.15) is 13.2 Å². The number of esters is 1. The maximum Gasteiger partial charge on any atom is 0.513 e. The quantitative estimate of drug-likeness (QED) is 0.720. The Morgan fingerprint density at radius 1 is 1.32 bits per heavy atom. The van der Waals surface area contributed by atoms with Gasteiger partial charge in [-0.1, -0.05) is 18.2 Å². The van der Waals surface area contributed by atoms with Gasteiger partial charge in [-0.3, -0.25) is 0 Å². The standard InChI is InChI=1S/C19H18F3NO5/c1-4-26-18(25)28-16-10(2)23(3)13-9-27-17(24)15(13)14(16)11-7-5-6-8-12(11)19(20,21)22/h5-8,14H,4,9H2,1-3H3. The number of alkyl halides is 3. The van der Waals surface area contributed by atoms with Gasteiger partial charge in [0.2, 0.25) is 0 Å². The minimum atomic E-state index is -4.66. The van der Waals surface area contributed by atoms with Crippen molar-refractivity contribution in [1.29, 1.82) is 0 Å². The van der Waals surface area contributed by atoms with Crippen molar-refractivity contribution in [2.24, 2.45) is 0 Å². The summed E-state index contributed by atoms with van der Waals surface area (Å²) in [7, 11) is 1.62. The van der Waals surface area contributed by atoms with E-state index in [4.69, 9.17) is 14.2 Å². The van der Waals surface area contributed by atoms with Gasteiger partial charge in [0, 0.05) is 7.05 Å². The van der Waals surface area contributed by atoms with Crippen LogP contribution < -0.4 is 0 Å². The van der Waals surface area contributed by atoms with Crippen molar-refractivity contribution in [3.63, 3.8) is 0 Å². The first kappa shape index (κ1) is 19.8. The van der Waals surface area contributed by atoms with Gasteiger partial charge in [0.05, 0.1) is 35.1 Å². The van der Waals surface area contributed by atoms with Crippen LogP contribution in [0.25, 0.3) is 0 Å². The van der Waals surface area contributed by atoms with Crippen LogP contribution in [0.4, 0.5) is 18.0 Å². The monoisotopic (exact) mass is 397 g/mol. The summed E-state index contributed by atoms with van der Waals surface area (Å²) in [6.07, 6.45) is -5.72. The molecular weight excluding hydrogens is 379 g/mol. The third-order valence-corrected chi connectivity index (χ3v) is 4.72. The van der Waals surface area contributed by atoms with Gasteiger partial charge in [0.15, 0.2) is 0 Å². The fourth-order valence-electron chi connectivity index (χ4n) is 3.35. The van der Waals surface area contributed by atoms with Crippen molar-refractivity contribution in [2.75, 3.05) is 20.3 Å². The fraction of sp³-hybridized carbons (Fsp3) is 0.368. The zero-order valence-corrected chi connectivity index (χ0v) is 15.4. The van der Waals surface area contributed by atoms with E-state index >= 15 is 0 Å². The lowest BCUT2D eigenvalue weighted by atomic mass is 9.82. The molecule has 0 fully saturated rings. The molecule has 2 heterocycles. The maximum atomic E-state index is 13.6. The Bertz CT molecular complexity index is 888. The van der Waals surface area contributed by atoms with Crippen LogP contribution in [-0.2, 0) is 25.2 Å². The van der Waals surface area contributed by atoms with Crippen LogP contribution >= 0.6 is 0 Å². The maximum absolute atomic E-state index is 13.6. The second kappa shape index (κ2) is 7.21. The van der Waals surface area contributed by atoms with Crippen LogP contribution in [0.2, 0.25) is 0 Å². The number of hydrogen-bond donors (Lipinski definition) is 0. The SMILES string of the molecule is CCOC(=O)OC1=C(C)N(C)C2=C(C(=O)OC2)C1c1ccccc1C(F)(F)F. The van der Waals surface area contributed by atoms with Gasteiger partial charge in [-0.05, 0) is 25.5 Å². The number of hydrogen-bond acceptors (Lipinski definition) is 6. The third kappa shape index (κ3) is 3.32. The molecule has 3 rings (SSSR count). The van der Waals surface area contributed by atoms with E-state index in [0.29, 0.717) is 11.4 Å². The first-order valence-electron chi connectivity index (χ1n) is 8.52. The molecule has 0 N–H and O–H groups in total. The van der Waals surface area contributed by atoms with E-state index in [1.165, 1.54) is 18.2 Å². The highest BCUT2D eigenvalue weighted by atomic mass is 19.4. The van der Waals surface area contributed by atoms with E-state index in [9.17, 15) is 22.8 Å². The number of nitrogens with zero attached hydrogens (tertiary/aromatic N) is 1. The number of rotatable bonds is 3. The number of cyclic esters (lactones) is 1. The molecule has 28 heavy (non-hydrogen) atoms. The van der Waals surface area contributed by atoms with Gasteiger partial charge >= 0.3 is 18.3 Å². The van der Waals surface area contributed by atoms with Crippen LogP contribution in [0.5, 0.6) is 0 Å². The molecule has 0 bridgehead atoms. The summed E-state index contributed by atoms with van der Waals surface area (Å²) in [6, 6.07) is 4.87. The molecule has 0 radical (unpaired) electrons. The lowest BCUT2D eigenvalue weighted by Crippen LogP contribution is -2.31. The summed E-state index contributed by atoms with van der Waals surface area (Å²) < 4.78 is 56.0. The number of carbonyl (C=O) groups excluding carboxylic acids is 2. The molecule has 1 atom stereocenters. The molecule has 2 aliphatic rings. The number of halogens is 3. The molecule has 1 aromatic carbocycles. The predicted molar refractivity (Wildman–Crippen MR) is 90.7 cm³/mol. The number of ether oxygens (including phenoxy) is 3. The van der Waals surface area contributed by atoms with E-state index < -0.39 is 29.8 Å². The van der Waals surface area contributed by atoms with E-state index in [2.05, 4.69) is 0 Å². The fourth-order valence-corrected chi connectivity index (χ4v) is 3.35. The lowest BCUT2D eigenvalue weighted by molar-refractivity contribution is -0.139. The predicted octanol–water partition coefficient (Wildman–Crippen LogP) is 3.95. The summed E-state index contributed by atoms with van der Waals surface area (Å²) in [5.41, 5.74) is -0.293. The Morgan fingerprint density at radius 3 is 2.64 bits per heavy atom. The number of allylic oxidation sites excluding steroid dienone is 2. The molecule has 2 aliphatic heterocycles. The second-order valence-electron chi connectivity index (χ2n) is 6.25. The summed E-state index contributed by atoms with van der Waals surface area (Å²) in [4.78, 5) is 25.9. The highest BCUT2D eigenvalue weighted by molar-refractivity contribution is 5.95. The molecule has 0 spiro atoms. The van der Waals surface area contributed by atoms with E-state index in [1.54, 1.807) is 25.8 Å². The van der Waals surface area contributed by atoms with E-state index in [0.717, 1.165) is 6.07 Å². The van der Waals surface area contributed by atoms with Gasteiger partial charge in [-0.25, -0.2) is 9.59 Å². The Balaban J connectivity index is 2.21. The first-order valence-corrected chi connectivity index (χ1v) is 8.52. The molecule has 1 unspecified atom stereocenters. The minimum Gasteiger partial charge on any atom is -0.456 e. The van der Waals surface area contributed by atoms with Crippen LogP contribution in [0.15, 0.2) is 47.0 Å². The first-order chi connectivity index (χ1) is 13.2. The average molecular weight is 397 g/mol. The van der Waals surface area contributed by atoms with Crippen molar-refractivity contribution in [1.82, 2.24) is 4.90 Å². The Morgan fingerprint density at radius 2 is 2.00 bits per heavy atom. The Hall–Kier alpha value is -2.97. The molecule has 0 amide bonds. The molecule has 0 saturated heterocycles. The van der Waals surface area contributed by atoms with Crippen molar-refractivity contribution in [2.45, 2.75) is 25.9 Å². The van der Waals surface area contributed by atoms with Crippen LogP contribution in [-0.4, -0.2) is 37.3 Å². The van der Waals surface area contributed by atoms with Crippen molar-refractivity contribution < 1.29 is 37.0 Å². The molecule has 150 valence electrons. The Labute approximate surface area is 159 Å². The smallest absolute Gasteiger partial charge is 0.456 e. The van der Waals surface area contributed by atoms with Crippen LogP contribution in [0, 0.1) is 0 Å². The van der Waals surface area contributed by atoms with Crippen LogP contribution in [0.3, 0.4) is 0 Å². The van der Waals surface area contributed by atoms with Crippen molar-refractivity contribution in [3.8, 4) is 0 Å². The van der Waals surface area contributed by atoms with Gasteiger partial charge < -0.3 is 19.1 Å². The van der Waals surface area contributed by atoms with Crippen molar-refractivity contribution in [3.05, 3.63) is 58.1 Å². The number of benzene rings is 1. The molecule has 0 saturated carbocycles. The largest absolute Gasteiger partial charge is 0.513 e. The molecule has 0 aliphatic carbocycles. The second-order valence-corrected chi connectivity index (χ2v) is 6.25. The van der Waals surface area contributed by atoms with Crippen LogP contribution in [0.1, 0.15) is 30.9 Å². The summed E-state index contributed by atoms with van der Waals surface area (Å²) in [5, 5.41) is 0. The Kier molecular flexibility index (Phi) is 5.10. The third-order valence-electron chi connectivity index (χ3n) is 4.72. The zero-order chi connectivity index (χ0) is 20.6. The topological polar surface area (TPSA) is 65.1 Å².